The number of anilines is 1. The predicted octanol–water partition coefficient (Wildman–Crippen LogP) is 0.870. The van der Waals surface area contributed by atoms with Crippen LogP contribution in [-0.2, 0) is 4.79 Å². The third-order valence-electron chi connectivity index (χ3n) is 3.68. The molecule has 8 nitrogen and oxygen atoms in total. The molecule has 0 saturated carbocycles. The van der Waals surface area contributed by atoms with Crippen molar-refractivity contribution in [3.63, 3.8) is 0 Å². The minimum Gasteiger partial charge on any atom is -0.366 e. The topological polar surface area (TPSA) is 144 Å². The van der Waals surface area contributed by atoms with E-state index in [1.807, 2.05) is 19.9 Å². The Bertz CT molecular complexity index is 885. The summed E-state index contributed by atoms with van der Waals surface area (Å²) in [7, 11) is 0. The lowest BCUT2D eigenvalue weighted by Crippen LogP contribution is -2.33. The number of nitrogens with one attached hydrogen (secondary N) is 2. The summed E-state index contributed by atoms with van der Waals surface area (Å²) >= 11 is 0. The zero-order chi connectivity index (χ0) is 20.1. The number of primary amides is 2. The Balaban J connectivity index is 2.06. The van der Waals surface area contributed by atoms with E-state index in [-0.39, 0.29) is 29.3 Å². The maximum absolute atomic E-state index is 12.2. The molecule has 27 heavy (non-hydrogen) atoms. The Morgan fingerprint density at radius 2 is 1.30 bits per heavy atom. The molecule has 0 aromatic heterocycles. The van der Waals surface area contributed by atoms with Gasteiger partial charge in [-0.25, -0.2) is 0 Å². The second-order valence-corrected chi connectivity index (χ2v) is 6.13. The van der Waals surface area contributed by atoms with Gasteiger partial charge in [-0.15, -0.1) is 0 Å². The van der Waals surface area contributed by atoms with E-state index in [0.29, 0.717) is 5.56 Å². The molecule has 0 heterocycles. The van der Waals surface area contributed by atoms with Crippen molar-refractivity contribution in [2.45, 2.75) is 13.8 Å². The van der Waals surface area contributed by atoms with E-state index in [0.717, 1.165) is 11.1 Å². The summed E-state index contributed by atoms with van der Waals surface area (Å²) in [6, 6.07) is 9.25. The molecule has 8 heteroatoms. The molecular formula is C19H20N4O4. The molecule has 2 aromatic rings. The third-order valence-corrected chi connectivity index (χ3v) is 3.68. The average Bonchev–Trinajstić information content (AvgIpc) is 2.58. The molecule has 4 amide bonds. The van der Waals surface area contributed by atoms with Crippen LogP contribution in [0.4, 0.5) is 5.69 Å². The maximum atomic E-state index is 12.2. The van der Waals surface area contributed by atoms with Gasteiger partial charge in [0.1, 0.15) is 0 Å². The van der Waals surface area contributed by atoms with Crippen molar-refractivity contribution in [1.29, 1.82) is 0 Å². The minimum atomic E-state index is -0.767. The van der Waals surface area contributed by atoms with E-state index in [4.69, 9.17) is 11.5 Å². The minimum absolute atomic E-state index is 0.0286. The Kier molecular flexibility index (Phi) is 5.92. The van der Waals surface area contributed by atoms with Gasteiger partial charge in [0.05, 0.1) is 6.54 Å². The smallest absolute Gasteiger partial charge is 0.251 e. The molecule has 6 N–H and O–H groups in total. The summed E-state index contributed by atoms with van der Waals surface area (Å²) in [5.74, 6) is -2.46. The summed E-state index contributed by atoms with van der Waals surface area (Å²) in [5.41, 5.74) is 13.0. The Labute approximate surface area is 155 Å². The Morgan fingerprint density at radius 3 is 1.78 bits per heavy atom. The zero-order valence-corrected chi connectivity index (χ0v) is 15.0. The molecule has 2 aromatic carbocycles. The fraction of sp³-hybridized carbons (Fsp3) is 0.158. The van der Waals surface area contributed by atoms with Gasteiger partial charge in [0.2, 0.25) is 17.7 Å². The number of rotatable bonds is 6. The molecule has 0 radical (unpaired) electrons. The van der Waals surface area contributed by atoms with Gasteiger partial charge >= 0.3 is 0 Å². The third kappa shape index (κ3) is 5.40. The van der Waals surface area contributed by atoms with E-state index < -0.39 is 17.7 Å². The zero-order valence-electron chi connectivity index (χ0n) is 15.0. The van der Waals surface area contributed by atoms with Gasteiger partial charge in [0, 0.05) is 22.4 Å². The second kappa shape index (κ2) is 8.13. The highest BCUT2D eigenvalue weighted by atomic mass is 16.2. The maximum Gasteiger partial charge on any atom is 0.251 e. The summed E-state index contributed by atoms with van der Waals surface area (Å²) in [6.45, 7) is 3.45. The number of aryl methyl sites for hydroxylation is 2. The van der Waals surface area contributed by atoms with Crippen molar-refractivity contribution >= 4 is 29.3 Å². The highest BCUT2D eigenvalue weighted by Crippen LogP contribution is 2.15. The Hall–Kier alpha value is -3.68. The molecule has 0 unspecified atom stereocenters. The van der Waals surface area contributed by atoms with Crippen LogP contribution in [0.1, 0.15) is 42.2 Å². The largest absolute Gasteiger partial charge is 0.366 e. The lowest BCUT2D eigenvalue weighted by molar-refractivity contribution is -0.115. The summed E-state index contributed by atoms with van der Waals surface area (Å²) in [4.78, 5) is 46.9. The van der Waals surface area contributed by atoms with Crippen LogP contribution in [0.25, 0.3) is 0 Å². The molecule has 0 fully saturated rings. The molecule has 0 spiro atoms. The van der Waals surface area contributed by atoms with Crippen LogP contribution in [-0.4, -0.2) is 30.2 Å². The molecule has 0 aliphatic carbocycles. The lowest BCUT2D eigenvalue weighted by atomic mass is 10.1. The first-order valence-electron chi connectivity index (χ1n) is 8.07. The van der Waals surface area contributed by atoms with Crippen molar-refractivity contribution in [2.75, 3.05) is 11.9 Å². The molecule has 0 saturated heterocycles. The quantitative estimate of drug-likeness (QED) is 0.599. The summed E-state index contributed by atoms with van der Waals surface area (Å²) in [6.07, 6.45) is 0. The number of hydrogen-bond acceptors (Lipinski definition) is 4. The van der Waals surface area contributed by atoms with E-state index in [1.165, 1.54) is 18.2 Å². The van der Waals surface area contributed by atoms with Crippen molar-refractivity contribution in [3.05, 3.63) is 64.2 Å². The van der Waals surface area contributed by atoms with Crippen LogP contribution in [0.2, 0.25) is 0 Å². The number of carbonyl (C=O) groups is 4. The van der Waals surface area contributed by atoms with Crippen LogP contribution in [0.15, 0.2) is 36.4 Å². The first kappa shape index (κ1) is 19.6. The van der Waals surface area contributed by atoms with Gasteiger partial charge in [-0.3, -0.25) is 19.2 Å². The number of amides is 4. The molecular weight excluding hydrogens is 348 g/mol. The molecule has 0 aliphatic heterocycles. The fourth-order valence-electron chi connectivity index (χ4n) is 2.56. The van der Waals surface area contributed by atoms with Crippen LogP contribution >= 0.6 is 0 Å². The number of carbonyl (C=O) groups excluding carboxylic acids is 4. The SMILES string of the molecule is Cc1cc(C)cc(C(=O)NCC(=O)Nc2cc(C(N)=O)cc(C(N)=O)c2)c1. The molecule has 140 valence electrons. The average molecular weight is 368 g/mol. The first-order chi connectivity index (χ1) is 12.7. The first-order valence-corrected chi connectivity index (χ1v) is 8.07. The van der Waals surface area contributed by atoms with Crippen molar-refractivity contribution in [3.8, 4) is 0 Å². The monoisotopic (exact) mass is 368 g/mol. The molecule has 0 aliphatic rings. The fourth-order valence-corrected chi connectivity index (χ4v) is 2.56. The summed E-state index contributed by atoms with van der Waals surface area (Å²) < 4.78 is 0. The Morgan fingerprint density at radius 1 is 0.778 bits per heavy atom. The van der Waals surface area contributed by atoms with Crippen LogP contribution in [0.3, 0.4) is 0 Å². The van der Waals surface area contributed by atoms with Crippen molar-refractivity contribution < 1.29 is 19.2 Å². The van der Waals surface area contributed by atoms with E-state index in [2.05, 4.69) is 10.6 Å². The van der Waals surface area contributed by atoms with Gasteiger partial charge in [-0.2, -0.15) is 0 Å². The van der Waals surface area contributed by atoms with Gasteiger partial charge in [0.15, 0.2) is 0 Å². The number of hydrogen-bond donors (Lipinski definition) is 4. The van der Waals surface area contributed by atoms with Crippen LogP contribution in [0.5, 0.6) is 0 Å². The van der Waals surface area contributed by atoms with Crippen molar-refractivity contribution in [1.82, 2.24) is 5.32 Å². The predicted molar refractivity (Wildman–Crippen MR) is 100 cm³/mol. The van der Waals surface area contributed by atoms with Gasteiger partial charge in [-0.1, -0.05) is 17.2 Å². The molecule has 2 rings (SSSR count). The van der Waals surface area contributed by atoms with E-state index >= 15 is 0 Å². The van der Waals surface area contributed by atoms with E-state index in [1.54, 1.807) is 12.1 Å². The number of benzene rings is 2. The van der Waals surface area contributed by atoms with Crippen LogP contribution < -0.4 is 22.1 Å². The second-order valence-electron chi connectivity index (χ2n) is 6.13. The van der Waals surface area contributed by atoms with Gasteiger partial charge in [-0.05, 0) is 44.2 Å². The van der Waals surface area contributed by atoms with Gasteiger partial charge < -0.3 is 22.1 Å². The van der Waals surface area contributed by atoms with Gasteiger partial charge in [0.25, 0.3) is 5.91 Å². The van der Waals surface area contributed by atoms with E-state index in [9.17, 15) is 19.2 Å². The summed E-state index contributed by atoms with van der Waals surface area (Å²) in [5, 5.41) is 5.01. The number of nitrogens with two attached hydrogens (primary N) is 2. The standard InChI is InChI=1S/C19H20N4O4/c1-10-3-11(2)5-14(4-10)19(27)22-9-16(24)23-15-7-12(17(20)25)6-13(8-15)18(21)26/h3-8H,9H2,1-2H3,(H2,20,25)(H2,21,26)(H,22,27)(H,23,24). The molecule has 0 atom stereocenters. The van der Waals surface area contributed by atoms with Crippen molar-refractivity contribution in [2.24, 2.45) is 11.5 Å². The highest BCUT2D eigenvalue weighted by Gasteiger charge is 2.12. The van der Waals surface area contributed by atoms with Crippen LogP contribution in [0, 0.1) is 13.8 Å². The normalized spacial score (nSPS) is 10.1. The highest BCUT2D eigenvalue weighted by molar-refractivity contribution is 6.03. The lowest BCUT2D eigenvalue weighted by Gasteiger charge is -2.10. The molecule has 0 bridgehead atoms.